The lowest BCUT2D eigenvalue weighted by Gasteiger charge is -2.25. The smallest absolute Gasteiger partial charge is 0.405 e. The monoisotopic (exact) mass is 305 g/mol. The molecule has 0 aliphatic heterocycles. The van der Waals surface area contributed by atoms with Crippen LogP contribution < -0.4 is 5.32 Å². The Morgan fingerprint density at radius 2 is 1.95 bits per heavy atom. The minimum atomic E-state index is -1.23. The largest absolute Gasteiger partial charge is 0.465 e. The molecule has 0 unspecified atom stereocenters. The molecule has 0 saturated carbocycles. The van der Waals surface area contributed by atoms with Gasteiger partial charge in [0.2, 0.25) is 0 Å². The van der Waals surface area contributed by atoms with E-state index in [9.17, 15) is 9.90 Å². The Morgan fingerprint density at radius 1 is 1.37 bits per heavy atom. The van der Waals surface area contributed by atoms with Crippen molar-refractivity contribution in [3.05, 3.63) is 33.8 Å². The molecular weight excluding hydrogens is 289 g/mol. The minimum absolute atomic E-state index is 0.335. The van der Waals surface area contributed by atoms with Gasteiger partial charge in [0, 0.05) is 15.6 Å². The fraction of sp³-hybridized carbons (Fsp3) is 0.462. The zero-order valence-electron chi connectivity index (χ0n) is 10.6. The van der Waals surface area contributed by atoms with Crippen molar-refractivity contribution in [2.24, 2.45) is 0 Å². The molecule has 0 aliphatic rings. The molecule has 0 saturated heterocycles. The van der Waals surface area contributed by atoms with Crippen LogP contribution in [0.1, 0.15) is 37.8 Å². The number of aliphatic hydroxyl groups is 1. The van der Waals surface area contributed by atoms with Crippen molar-refractivity contribution in [1.82, 2.24) is 5.32 Å². The average Bonchev–Trinajstić information content (AvgIpc) is 2.34. The van der Waals surface area contributed by atoms with E-state index in [2.05, 4.69) is 5.32 Å². The van der Waals surface area contributed by atoms with Crippen molar-refractivity contribution < 1.29 is 15.0 Å². The maximum absolute atomic E-state index is 10.9. The zero-order valence-corrected chi connectivity index (χ0v) is 12.1. The molecule has 1 rings (SSSR count). The molecule has 2 atom stereocenters. The lowest BCUT2D eigenvalue weighted by atomic mass is 9.97. The van der Waals surface area contributed by atoms with Crippen molar-refractivity contribution in [1.29, 1.82) is 0 Å². The number of benzene rings is 1. The van der Waals surface area contributed by atoms with Crippen LogP contribution in [0.5, 0.6) is 0 Å². The summed E-state index contributed by atoms with van der Waals surface area (Å²) in [6.45, 7) is 1.99. The summed E-state index contributed by atoms with van der Waals surface area (Å²) >= 11 is 12.1. The first-order valence-corrected chi connectivity index (χ1v) is 6.84. The highest BCUT2D eigenvalue weighted by molar-refractivity contribution is 6.36. The van der Waals surface area contributed by atoms with E-state index in [1.807, 2.05) is 6.92 Å². The van der Waals surface area contributed by atoms with Crippen LogP contribution >= 0.6 is 23.2 Å². The molecule has 0 spiro atoms. The molecular formula is C13H17Cl2NO3. The molecule has 1 amide bonds. The minimum Gasteiger partial charge on any atom is -0.465 e. The molecule has 1 aromatic rings. The molecule has 0 aliphatic carbocycles. The second kappa shape index (κ2) is 7.58. The summed E-state index contributed by atoms with van der Waals surface area (Å²) in [6, 6.07) is 4.08. The van der Waals surface area contributed by atoms with Gasteiger partial charge in [0.25, 0.3) is 0 Å². The Labute approximate surface area is 122 Å². The molecule has 3 N–H and O–H groups in total. The van der Waals surface area contributed by atoms with Crippen molar-refractivity contribution in [2.75, 3.05) is 0 Å². The third-order valence-electron chi connectivity index (χ3n) is 2.83. The number of nitrogens with one attached hydrogen (secondary N) is 1. The molecule has 1 aromatic carbocycles. The summed E-state index contributed by atoms with van der Waals surface area (Å²) in [4.78, 5) is 10.9. The zero-order chi connectivity index (χ0) is 14.4. The van der Waals surface area contributed by atoms with Crippen molar-refractivity contribution in [2.45, 2.75) is 38.3 Å². The maximum atomic E-state index is 10.9. The summed E-state index contributed by atoms with van der Waals surface area (Å²) in [5.74, 6) is 0. The molecule has 106 valence electrons. The first-order valence-electron chi connectivity index (χ1n) is 6.08. The van der Waals surface area contributed by atoms with Gasteiger partial charge >= 0.3 is 6.09 Å². The normalized spacial score (nSPS) is 13.9. The Hall–Kier alpha value is -0.970. The van der Waals surface area contributed by atoms with E-state index < -0.39 is 18.2 Å². The van der Waals surface area contributed by atoms with E-state index in [4.69, 9.17) is 28.3 Å². The molecule has 19 heavy (non-hydrogen) atoms. The van der Waals surface area contributed by atoms with Crippen LogP contribution in [0.15, 0.2) is 18.2 Å². The number of carbonyl (C=O) groups is 1. The first kappa shape index (κ1) is 16.1. The Kier molecular flexibility index (Phi) is 6.42. The Balaban J connectivity index is 3.05. The molecule has 0 radical (unpaired) electrons. The molecule has 0 aromatic heterocycles. The summed E-state index contributed by atoms with van der Waals surface area (Å²) in [6.07, 6.45) is 0.0851. The number of rotatable bonds is 6. The average molecular weight is 306 g/mol. The summed E-state index contributed by atoms with van der Waals surface area (Å²) < 4.78 is 0. The van der Waals surface area contributed by atoms with Crippen molar-refractivity contribution in [3.8, 4) is 0 Å². The third-order valence-corrected chi connectivity index (χ3v) is 3.49. The topological polar surface area (TPSA) is 69.6 Å². The summed E-state index contributed by atoms with van der Waals surface area (Å²) in [7, 11) is 0. The first-order chi connectivity index (χ1) is 8.97. The molecule has 0 heterocycles. The highest BCUT2D eigenvalue weighted by atomic mass is 35.5. The van der Waals surface area contributed by atoms with Crippen LogP contribution in [0.2, 0.25) is 10.0 Å². The number of hydrogen-bond acceptors (Lipinski definition) is 2. The highest BCUT2D eigenvalue weighted by Gasteiger charge is 2.26. The van der Waals surface area contributed by atoms with Gasteiger partial charge in [-0.1, -0.05) is 49.0 Å². The molecule has 0 fully saturated rings. The van der Waals surface area contributed by atoms with Gasteiger partial charge < -0.3 is 15.5 Å². The van der Waals surface area contributed by atoms with E-state index in [0.29, 0.717) is 22.0 Å². The number of amides is 1. The van der Waals surface area contributed by atoms with Gasteiger partial charge in [0.1, 0.15) is 0 Å². The Bertz CT molecular complexity index is 420. The van der Waals surface area contributed by atoms with E-state index in [1.54, 1.807) is 18.2 Å². The number of aliphatic hydroxyl groups excluding tert-OH is 1. The van der Waals surface area contributed by atoms with E-state index in [-0.39, 0.29) is 0 Å². The SMILES string of the molecule is CCCC[C@H](O)[C@@H](NC(=O)O)c1c(Cl)cccc1Cl. The van der Waals surface area contributed by atoms with Crippen LogP contribution in [0.3, 0.4) is 0 Å². The number of carboxylic acid groups (broad SMARTS) is 1. The van der Waals surface area contributed by atoms with Gasteiger partial charge in [-0.25, -0.2) is 4.79 Å². The van der Waals surface area contributed by atoms with Gasteiger partial charge in [0.15, 0.2) is 0 Å². The van der Waals surface area contributed by atoms with Crippen LogP contribution in [0, 0.1) is 0 Å². The molecule has 4 nitrogen and oxygen atoms in total. The second-order valence-electron chi connectivity index (χ2n) is 4.27. The third kappa shape index (κ3) is 4.56. The second-order valence-corrected chi connectivity index (χ2v) is 5.09. The quantitative estimate of drug-likeness (QED) is 0.747. The van der Waals surface area contributed by atoms with E-state index >= 15 is 0 Å². The fourth-order valence-corrected chi connectivity index (χ4v) is 2.51. The molecule has 0 bridgehead atoms. The summed E-state index contributed by atoms with van der Waals surface area (Å²) in [5.41, 5.74) is 0.414. The van der Waals surface area contributed by atoms with Gasteiger partial charge in [-0.2, -0.15) is 0 Å². The maximum Gasteiger partial charge on any atom is 0.405 e. The van der Waals surface area contributed by atoms with Crippen LogP contribution in [0.25, 0.3) is 0 Å². The number of halogens is 2. The predicted molar refractivity (Wildman–Crippen MR) is 75.9 cm³/mol. The fourth-order valence-electron chi connectivity index (χ4n) is 1.88. The molecule has 6 heteroatoms. The van der Waals surface area contributed by atoms with E-state index in [1.165, 1.54) is 0 Å². The van der Waals surface area contributed by atoms with Crippen LogP contribution in [0.4, 0.5) is 4.79 Å². The standard InChI is InChI=1S/C13H17Cl2NO3/c1-2-3-7-10(17)12(16-13(18)19)11-8(14)5-4-6-9(11)15/h4-6,10,12,16-17H,2-3,7H2,1H3,(H,18,19)/t10-,12+/m0/s1. The van der Waals surface area contributed by atoms with Gasteiger partial charge in [0.05, 0.1) is 12.1 Å². The van der Waals surface area contributed by atoms with Crippen molar-refractivity contribution in [3.63, 3.8) is 0 Å². The van der Waals surface area contributed by atoms with Gasteiger partial charge in [-0.3, -0.25) is 0 Å². The van der Waals surface area contributed by atoms with Crippen LogP contribution in [-0.4, -0.2) is 22.4 Å². The lowest BCUT2D eigenvalue weighted by molar-refractivity contribution is 0.110. The van der Waals surface area contributed by atoms with Gasteiger partial charge in [-0.05, 0) is 18.6 Å². The van der Waals surface area contributed by atoms with Crippen LogP contribution in [-0.2, 0) is 0 Å². The number of hydrogen-bond donors (Lipinski definition) is 3. The summed E-state index contributed by atoms with van der Waals surface area (Å²) in [5, 5.41) is 22.0. The van der Waals surface area contributed by atoms with Gasteiger partial charge in [-0.15, -0.1) is 0 Å². The lowest BCUT2D eigenvalue weighted by Crippen LogP contribution is -2.35. The highest BCUT2D eigenvalue weighted by Crippen LogP contribution is 2.33. The predicted octanol–water partition coefficient (Wildman–Crippen LogP) is 3.85. The van der Waals surface area contributed by atoms with Crippen molar-refractivity contribution >= 4 is 29.3 Å². The van der Waals surface area contributed by atoms with E-state index in [0.717, 1.165) is 12.8 Å². The Morgan fingerprint density at radius 3 is 2.42 bits per heavy atom. The number of unbranched alkanes of at least 4 members (excludes halogenated alkanes) is 1.